The van der Waals surface area contributed by atoms with Crippen LogP contribution in [0, 0.1) is 11.3 Å². The van der Waals surface area contributed by atoms with E-state index in [0.717, 1.165) is 11.3 Å². The summed E-state index contributed by atoms with van der Waals surface area (Å²) in [5, 5.41) is 15.0. The molecule has 0 aliphatic heterocycles. The quantitative estimate of drug-likeness (QED) is 0.182. The molecular formula is C26H9ClF6N6OS3. The number of rotatable bonds is 4. The fourth-order valence-electron chi connectivity index (χ4n) is 4.71. The number of nitrogens with one attached hydrogen (secondary N) is 2. The lowest BCUT2D eigenvalue weighted by molar-refractivity contribution is -0.159. The van der Waals surface area contributed by atoms with Crippen LogP contribution in [0.5, 0.6) is 0 Å². The largest absolute Gasteiger partial charge is 0.471 e. The molecule has 0 spiro atoms. The first-order valence-electron chi connectivity index (χ1n) is 11.8. The SMILES string of the molecule is N#Cc1nc2[nH]cc(-c3cc(-c4cc(-c5noc(C(F)(F)F)n5)cc5c(-c6ccsc6Cl)c[nH]c45)sc3C(F)(F)F)c2s1. The van der Waals surface area contributed by atoms with Crippen LogP contribution in [0.25, 0.3) is 65.3 Å². The van der Waals surface area contributed by atoms with Crippen molar-refractivity contribution < 1.29 is 30.9 Å². The Balaban J connectivity index is 1.49. The summed E-state index contributed by atoms with van der Waals surface area (Å²) in [6.45, 7) is 0. The van der Waals surface area contributed by atoms with Gasteiger partial charge in [-0.25, -0.2) is 4.98 Å². The van der Waals surface area contributed by atoms with Gasteiger partial charge >= 0.3 is 18.2 Å². The summed E-state index contributed by atoms with van der Waals surface area (Å²) < 4.78 is 88.3. The number of halogens is 7. The predicted molar refractivity (Wildman–Crippen MR) is 151 cm³/mol. The standard InChI is InChI=1S/C26H9ClF6N6OS3/c27-21-10(1-2-41-21)14-7-35-18-11(14)3-9(22-38-24(40-39-22)26(31,32)33)4-13(18)16-5-12(20(42-16)25(28,29)30)15-8-36-23-19(15)43-17(6-34)37-23/h1-5,7-8,35-36H. The van der Waals surface area contributed by atoms with E-state index >= 15 is 0 Å². The molecule has 7 rings (SSSR count). The zero-order valence-corrected chi connectivity index (χ0v) is 23.8. The minimum absolute atomic E-state index is 0.0858. The fourth-order valence-corrected chi connectivity index (χ4v) is 7.58. The number of benzene rings is 1. The van der Waals surface area contributed by atoms with Crippen molar-refractivity contribution in [1.82, 2.24) is 25.1 Å². The lowest BCUT2D eigenvalue weighted by atomic mass is 9.99. The van der Waals surface area contributed by atoms with Gasteiger partial charge in [-0.1, -0.05) is 16.8 Å². The summed E-state index contributed by atoms with van der Waals surface area (Å²) in [5.41, 5.74) is 2.32. The van der Waals surface area contributed by atoms with Crippen LogP contribution in [0.15, 0.2) is 46.6 Å². The van der Waals surface area contributed by atoms with E-state index in [-0.39, 0.29) is 37.8 Å². The molecule has 0 aliphatic rings. The average molecular weight is 667 g/mol. The third-order valence-corrected chi connectivity index (χ3v) is 9.87. The molecule has 0 fully saturated rings. The van der Waals surface area contributed by atoms with Gasteiger partial charge in [0, 0.05) is 56.0 Å². The van der Waals surface area contributed by atoms with Crippen molar-refractivity contribution in [2.75, 3.05) is 0 Å². The Labute approximate surface area is 252 Å². The number of thiophene rings is 2. The number of fused-ring (bicyclic) bond motifs is 2. The van der Waals surface area contributed by atoms with Crippen LogP contribution in [0.1, 0.15) is 15.8 Å². The highest BCUT2D eigenvalue weighted by molar-refractivity contribution is 7.20. The van der Waals surface area contributed by atoms with Crippen molar-refractivity contribution in [2.24, 2.45) is 0 Å². The Kier molecular flexibility index (Phi) is 6.22. The first kappa shape index (κ1) is 27.7. The van der Waals surface area contributed by atoms with Crippen LogP contribution >= 0.6 is 45.6 Å². The van der Waals surface area contributed by atoms with Crippen molar-refractivity contribution in [3.05, 3.63) is 62.2 Å². The molecule has 0 aliphatic carbocycles. The van der Waals surface area contributed by atoms with Crippen LogP contribution in [-0.4, -0.2) is 25.1 Å². The molecule has 17 heteroatoms. The van der Waals surface area contributed by atoms with Gasteiger partial charge in [-0.05, 0) is 29.6 Å². The van der Waals surface area contributed by atoms with E-state index in [2.05, 4.69) is 29.6 Å². The molecule has 0 bridgehead atoms. The number of hydrogen-bond acceptors (Lipinski definition) is 8. The molecule has 0 saturated heterocycles. The van der Waals surface area contributed by atoms with Crippen molar-refractivity contribution in [2.45, 2.75) is 12.4 Å². The van der Waals surface area contributed by atoms with Crippen molar-refractivity contribution in [1.29, 1.82) is 5.26 Å². The fraction of sp³-hybridized carbons (Fsp3) is 0.0769. The summed E-state index contributed by atoms with van der Waals surface area (Å²) in [6, 6.07) is 7.94. The van der Waals surface area contributed by atoms with Crippen molar-refractivity contribution in [3.8, 4) is 50.2 Å². The summed E-state index contributed by atoms with van der Waals surface area (Å²) in [7, 11) is 0. The summed E-state index contributed by atoms with van der Waals surface area (Å²) in [6.07, 6.45) is -6.62. The molecule has 6 aromatic heterocycles. The van der Waals surface area contributed by atoms with Crippen LogP contribution in [-0.2, 0) is 12.4 Å². The number of aromatic nitrogens is 5. The molecule has 0 atom stereocenters. The number of nitriles is 1. The first-order chi connectivity index (χ1) is 20.4. The molecule has 6 heterocycles. The average Bonchev–Trinajstić information content (AvgIpc) is 3.75. The molecule has 216 valence electrons. The first-order valence-corrected chi connectivity index (χ1v) is 14.7. The monoisotopic (exact) mass is 666 g/mol. The second-order valence-corrected chi connectivity index (χ2v) is 12.6. The normalized spacial score (nSPS) is 12.5. The zero-order chi connectivity index (χ0) is 30.3. The summed E-state index contributed by atoms with van der Waals surface area (Å²) in [5.74, 6) is -1.96. The highest BCUT2D eigenvalue weighted by Gasteiger charge is 2.39. The smallest absolute Gasteiger partial charge is 0.360 e. The van der Waals surface area contributed by atoms with Crippen LogP contribution in [0.3, 0.4) is 0 Å². The van der Waals surface area contributed by atoms with Crippen LogP contribution in [0.2, 0.25) is 4.34 Å². The van der Waals surface area contributed by atoms with Crippen molar-refractivity contribution >= 4 is 66.9 Å². The van der Waals surface area contributed by atoms with Gasteiger partial charge < -0.3 is 14.5 Å². The van der Waals surface area contributed by atoms with Gasteiger partial charge in [-0.15, -0.1) is 34.0 Å². The van der Waals surface area contributed by atoms with Gasteiger partial charge in [0.2, 0.25) is 5.82 Å². The third-order valence-electron chi connectivity index (χ3n) is 6.49. The van der Waals surface area contributed by atoms with Gasteiger partial charge in [0.25, 0.3) is 0 Å². The lowest BCUT2D eigenvalue weighted by Crippen LogP contribution is -2.04. The number of hydrogen-bond donors (Lipinski definition) is 2. The Morgan fingerprint density at radius 1 is 0.884 bits per heavy atom. The van der Waals surface area contributed by atoms with Crippen molar-refractivity contribution in [3.63, 3.8) is 0 Å². The number of nitrogens with zero attached hydrogens (tertiary/aromatic N) is 4. The van der Waals surface area contributed by atoms with Gasteiger partial charge in [0.1, 0.15) is 15.3 Å². The molecule has 2 N–H and O–H groups in total. The van der Waals surface area contributed by atoms with E-state index in [0.29, 0.717) is 42.4 Å². The third kappa shape index (κ3) is 4.59. The highest BCUT2D eigenvalue weighted by atomic mass is 35.5. The molecule has 0 amide bonds. The number of alkyl halides is 6. The molecule has 0 radical (unpaired) electrons. The van der Waals surface area contributed by atoms with E-state index in [1.54, 1.807) is 17.6 Å². The maximum atomic E-state index is 14.4. The predicted octanol–water partition coefficient (Wildman–Crippen LogP) is 9.84. The molecule has 1 aromatic carbocycles. The maximum absolute atomic E-state index is 14.4. The van der Waals surface area contributed by atoms with E-state index < -0.39 is 28.9 Å². The van der Waals surface area contributed by atoms with Gasteiger partial charge in [0.15, 0.2) is 10.7 Å². The number of aromatic amines is 2. The minimum Gasteiger partial charge on any atom is -0.360 e. The second kappa shape index (κ2) is 9.67. The van der Waals surface area contributed by atoms with Gasteiger partial charge in [-0.3, -0.25) is 0 Å². The van der Waals surface area contributed by atoms with Crippen LogP contribution < -0.4 is 0 Å². The maximum Gasteiger partial charge on any atom is 0.471 e. The van der Waals surface area contributed by atoms with E-state index in [4.69, 9.17) is 11.6 Å². The van der Waals surface area contributed by atoms with Gasteiger partial charge in [-0.2, -0.15) is 36.6 Å². The highest BCUT2D eigenvalue weighted by Crippen LogP contribution is 2.50. The zero-order valence-electron chi connectivity index (χ0n) is 20.6. The molecule has 7 aromatic rings. The Morgan fingerprint density at radius 2 is 1.67 bits per heavy atom. The summed E-state index contributed by atoms with van der Waals surface area (Å²) in [4.78, 5) is 12.7. The molecule has 43 heavy (non-hydrogen) atoms. The Hall–Kier alpha value is -4.17. The molecular weight excluding hydrogens is 658 g/mol. The number of thiazole rings is 1. The summed E-state index contributed by atoms with van der Waals surface area (Å²) >= 11 is 9.07. The van der Waals surface area contributed by atoms with E-state index in [1.807, 2.05) is 6.07 Å². The van der Waals surface area contributed by atoms with Crippen LogP contribution in [0.4, 0.5) is 26.3 Å². The number of H-pyrrole nitrogens is 2. The minimum atomic E-state index is -4.89. The molecule has 0 unspecified atom stereocenters. The van der Waals surface area contributed by atoms with Gasteiger partial charge in [0.05, 0.1) is 10.2 Å². The van der Waals surface area contributed by atoms with E-state index in [1.165, 1.54) is 35.7 Å². The Morgan fingerprint density at radius 3 is 2.35 bits per heavy atom. The molecule has 0 saturated carbocycles. The lowest BCUT2D eigenvalue weighted by Gasteiger charge is -2.06. The molecule has 7 nitrogen and oxygen atoms in total. The second-order valence-electron chi connectivity index (χ2n) is 9.04. The van der Waals surface area contributed by atoms with E-state index in [9.17, 15) is 31.6 Å². The Bertz CT molecular complexity index is 2220. The topological polar surface area (TPSA) is 107 Å².